The smallest absolute Gasteiger partial charge is 0.106 e. The Hall–Kier alpha value is -1.39. The number of thiocarbonyl (C=S) groups is 1. The first-order chi connectivity index (χ1) is 8.18. The lowest BCUT2D eigenvalue weighted by atomic mass is 10.1. The number of nitrogens with two attached hydrogens (primary N) is 1. The third kappa shape index (κ3) is 2.84. The molecule has 0 fully saturated rings. The molecule has 4 heteroatoms. The van der Waals surface area contributed by atoms with Gasteiger partial charge in [0.1, 0.15) is 4.99 Å². The summed E-state index contributed by atoms with van der Waals surface area (Å²) in [6.45, 7) is 2.12. The Bertz CT molecular complexity index is 506. The molecule has 0 spiro atoms. The van der Waals surface area contributed by atoms with Crippen molar-refractivity contribution in [1.29, 1.82) is 0 Å². The maximum Gasteiger partial charge on any atom is 0.106 e. The van der Waals surface area contributed by atoms with Crippen molar-refractivity contribution in [3.05, 3.63) is 52.2 Å². The molecule has 1 heterocycles. The molecule has 0 saturated carbocycles. The zero-order valence-electron chi connectivity index (χ0n) is 9.51. The fraction of sp³-hybridized carbons (Fsp3) is 0.154. The van der Waals surface area contributed by atoms with Crippen LogP contribution < -0.4 is 11.1 Å². The Morgan fingerprint density at radius 1 is 1.35 bits per heavy atom. The highest BCUT2D eigenvalue weighted by atomic mass is 32.1. The van der Waals surface area contributed by atoms with Crippen LogP contribution in [-0.2, 0) is 0 Å². The maximum absolute atomic E-state index is 5.70. The number of rotatable bonds is 4. The molecular weight excluding hydrogens is 248 g/mol. The van der Waals surface area contributed by atoms with E-state index in [4.69, 9.17) is 18.0 Å². The number of nitrogens with one attached hydrogen (secondary N) is 1. The van der Waals surface area contributed by atoms with Crippen LogP contribution >= 0.6 is 23.6 Å². The van der Waals surface area contributed by atoms with Gasteiger partial charge in [-0.1, -0.05) is 24.4 Å². The maximum atomic E-state index is 5.70. The van der Waals surface area contributed by atoms with Gasteiger partial charge in [0.15, 0.2) is 0 Å². The van der Waals surface area contributed by atoms with E-state index in [-0.39, 0.29) is 6.04 Å². The van der Waals surface area contributed by atoms with E-state index in [0.29, 0.717) is 4.99 Å². The Balaban J connectivity index is 2.21. The molecule has 2 rings (SSSR count). The van der Waals surface area contributed by atoms with E-state index in [1.165, 1.54) is 5.56 Å². The first-order valence-corrected chi connectivity index (χ1v) is 6.71. The Morgan fingerprint density at radius 3 is 2.76 bits per heavy atom. The predicted octanol–water partition coefficient (Wildman–Crippen LogP) is 3.56. The highest BCUT2D eigenvalue weighted by Gasteiger charge is 2.09. The van der Waals surface area contributed by atoms with Crippen molar-refractivity contribution >= 4 is 34.2 Å². The van der Waals surface area contributed by atoms with Gasteiger partial charge in [-0.3, -0.25) is 0 Å². The molecule has 88 valence electrons. The molecule has 2 nitrogen and oxygen atoms in total. The minimum absolute atomic E-state index is 0.247. The average molecular weight is 262 g/mol. The SMILES string of the molecule is CC(Nc1ccccc1C(N)=S)c1ccsc1. The van der Waals surface area contributed by atoms with Gasteiger partial charge in [0.2, 0.25) is 0 Å². The van der Waals surface area contributed by atoms with Crippen LogP contribution in [0, 0.1) is 0 Å². The summed E-state index contributed by atoms with van der Waals surface area (Å²) >= 11 is 6.74. The summed E-state index contributed by atoms with van der Waals surface area (Å²) in [6, 6.07) is 10.2. The van der Waals surface area contributed by atoms with Crippen LogP contribution in [0.2, 0.25) is 0 Å². The van der Waals surface area contributed by atoms with Gasteiger partial charge in [0.25, 0.3) is 0 Å². The highest BCUT2D eigenvalue weighted by molar-refractivity contribution is 7.80. The molecule has 0 aliphatic heterocycles. The van der Waals surface area contributed by atoms with E-state index in [1.54, 1.807) is 11.3 Å². The Kier molecular flexibility index (Phi) is 3.76. The van der Waals surface area contributed by atoms with Gasteiger partial charge in [-0.2, -0.15) is 11.3 Å². The van der Waals surface area contributed by atoms with Gasteiger partial charge < -0.3 is 11.1 Å². The van der Waals surface area contributed by atoms with E-state index in [1.807, 2.05) is 24.3 Å². The topological polar surface area (TPSA) is 38.0 Å². The van der Waals surface area contributed by atoms with Gasteiger partial charge in [0.05, 0.1) is 0 Å². The first kappa shape index (κ1) is 12.1. The summed E-state index contributed by atoms with van der Waals surface area (Å²) in [5, 5.41) is 7.65. The average Bonchev–Trinajstić information content (AvgIpc) is 2.83. The van der Waals surface area contributed by atoms with Crippen molar-refractivity contribution in [1.82, 2.24) is 0 Å². The zero-order valence-corrected chi connectivity index (χ0v) is 11.1. The second kappa shape index (κ2) is 5.29. The van der Waals surface area contributed by atoms with Gasteiger partial charge >= 0.3 is 0 Å². The standard InChI is InChI=1S/C13H14N2S2/c1-9(10-6-7-17-8-10)15-12-5-3-2-4-11(12)13(14)16/h2-9,15H,1H3,(H2,14,16). The number of benzene rings is 1. The minimum atomic E-state index is 0.247. The molecule has 0 amide bonds. The molecule has 3 N–H and O–H groups in total. The fourth-order valence-electron chi connectivity index (χ4n) is 1.66. The van der Waals surface area contributed by atoms with E-state index < -0.39 is 0 Å². The van der Waals surface area contributed by atoms with Crippen molar-refractivity contribution < 1.29 is 0 Å². The third-order valence-corrected chi connectivity index (χ3v) is 3.53. The molecule has 0 saturated heterocycles. The summed E-state index contributed by atoms with van der Waals surface area (Å²) in [7, 11) is 0. The molecule has 0 radical (unpaired) electrons. The number of hydrogen-bond acceptors (Lipinski definition) is 3. The number of anilines is 1. The predicted molar refractivity (Wildman–Crippen MR) is 78.7 cm³/mol. The summed E-state index contributed by atoms with van der Waals surface area (Å²) in [6.07, 6.45) is 0. The Morgan fingerprint density at radius 2 is 2.12 bits per heavy atom. The van der Waals surface area contributed by atoms with Crippen LogP contribution in [0.25, 0.3) is 0 Å². The molecule has 1 aromatic heterocycles. The van der Waals surface area contributed by atoms with Crippen LogP contribution in [0.15, 0.2) is 41.1 Å². The molecular formula is C13H14N2S2. The minimum Gasteiger partial charge on any atom is -0.389 e. The third-order valence-electron chi connectivity index (χ3n) is 2.61. The van der Waals surface area contributed by atoms with E-state index in [2.05, 4.69) is 29.1 Å². The lowest BCUT2D eigenvalue weighted by Gasteiger charge is -2.16. The van der Waals surface area contributed by atoms with Crippen molar-refractivity contribution in [3.63, 3.8) is 0 Å². The monoisotopic (exact) mass is 262 g/mol. The second-order valence-corrected chi connectivity index (χ2v) is 5.05. The molecule has 1 unspecified atom stereocenters. The summed E-state index contributed by atoms with van der Waals surface area (Å²) in [4.78, 5) is 0.422. The second-order valence-electron chi connectivity index (χ2n) is 3.83. The zero-order chi connectivity index (χ0) is 12.3. The largest absolute Gasteiger partial charge is 0.389 e. The van der Waals surface area contributed by atoms with Crippen LogP contribution in [0.4, 0.5) is 5.69 Å². The van der Waals surface area contributed by atoms with Gasteiger partial charge in [-0.15, -0.1) is 0 Å². The molecule has 0 bridgehead atoms. The highest BCUT2D eigenvalue weighted by Crippen LogP contribution is 2.23. The molecule has 17 heavy (non-hydrogen) atoms. The van der Waals surface area contributed by atoms with Crippen LogP contribution in [0.5, 0.6) is 0 Å². The van der Waals surface area contributed by atoms with E-state index in [9.17, 15) is 0 Å². The van der Waals surface area contributed by atoms with Crippen molar-refractivity contribution in [2.24, 2.45) is 5.73 Å². The Labute approximate surface area is 110 Å². The number of thiophene rings is 1. The summed E-state index contributed by atoms with van der Waals surface area (Å²) in [5.41, 5.74) is 8.85. The number of hydrogen-bond donors (Lipinski definition) is 2. The molecule has 1 aromatic carbocycles. The molecule has 1 atom stereocenters. The van der Waals surface area contributed by atoms with Crippen LogP contribution in [0.1, 0.15) is 24.1 Å². The van der Waals surface area contributed by atoms with Gasteiger partial charge in [0, 0.05) is 17.3 Å². The van der Waals surface area contributed by atoms with Crippen molar-refractivity contribution in [2.45, 2.75) is 13.0 Å². The normalized spacial score (nSPS) is 12.1. The molecule has 0 aliphatic rings. The number of para-hydroxylation sites is 1. The lowest BCUT2D eigenvalue weighted by molar-refractivity contribution is 0.890. The molecule has 0 aliphatic carbocycles. The summed E-state index contributed by atoms with van der Waals surface area (Å²) in [5.74, 6) is 0. The van der Waals surface area contributed by atoms with Crippen LogP contribution in [0.3, 0.4) is 0 Å². The van der Waals surface area contributed by atoms with Crippen molar-refractivity contribution in [2.75, 3.05) is 5.32 Å². The summed E-state index contributed by atoms with van der Waals surface area (Å²) < 4.78 is 0. The fourth-order valence-corrected chi connectivity index (χ4v) is 2.59. The molecule has 2 aromatic rings. The lowest BCUT2D eigenvalue weighted by Crippen LogP contribution is -2.14. The van der Waals surface area contributed by atoms with E-state index >= 15 is 0 Å². The van der Waals surface area contributed by atoms with Crippen LogP contribution in [-0.4, -0.2) is 4.99 Å². The first-order valence-electron chi connectivity index (χ1n) is 5.36. The van der Waals surface area contributed by atoms with Crippen molar-refractivity contribution in [3.8, 4) is 0 Å². The van der Waals surface area contributed by atoms with E-state index in [0.717, 1.165) is 11.3 Å². The quantitative estimate of drug-likeness (QED) is 0.827. The van der Waals surface area contributed by atoms with Gasteiger partial charge in [-0.25, -0.2) is 0 Å². The van der Waals surface area contributed by atoms with Gasteiger partial charge in [-0.05, 0) is 41.4 Å².